The van der Waals surface area contributed by atoms with E-state index in [0.29, 0.717) is 18.5 Å². The van der Waals surface area contributed by atoms with E-state index in [-0.39, 0.29) is 6.16 Å². The van der Waals surface area contributed by atoms with E-state index < -0.39 is 7.37 Å². The summed E-state index contributed by atoms with van der Waals surface area (Å²) in [5, 5.41) is 0.507. The predicted molar refractivity (Wildman–Crippen MR) is 62.0 cm³/mol. The van der Waals surface area contributed by atoms with Crippen LogP contribution in [0.25, 0.3) is 0 Å². The lowest BCUT2D eigenvalue weighted by molar-refractivity contribution is 0.162. The first-order chi connectivity index (χ1) is 7.06. The van der Waals surface area contributed by atoms with Crippen LogP contribution < -0.4 is 5.30 Å². The minimum absolute atomic E-state index is 0.184. The number of ether oxygens (including phenoxy) is 1. The second kappa shape index (κ2) is 5.45. The van der Waals surface area contributed by atoms with Crippen LogP contribution in [0.2, 0.25) is 0 Å². The third kappa shape index (κ3) is 3.78. The Kier molecular flexibility index (Phi) is 4.52. The van der Waals surface area contributed by atoms with E-state index >= 15 is 0 Å². The van der Waals surface area contributed by atoms with E-state index in [0.717, 1.165) is 5.56 Å². The molecule has 1 aromatic carbocycles. The van der Waals surface area contributed by atoms with Gasteiger partial charge in [-0.3, -0.25) is 4.57 Å². The molecule has 0 spiro atoms. The van der Waals surface area contributed by atoms with Gasteiger partial charge in [-0.2, -0.15) is 0 Å². The minimum atomic E-state index is -3.22. The molecule has 0 heterocycles. The topological polar surface area (TPSA) is 46.5 Å². The maximum absolute atomic E-state index is 11.9. The fourth-order valence-corrected chi connectivity index (χ4v) is 2.49. The summed E-state index contributed by atoms with van der Waals surface area (Å²) in [6.07, 6.45) is 0.184. The van der Waals surface area contributed by atoms with Crippen LogP contribution in [-0.4, -0.2) is 24.3 Å². The van der Waals surface area contributed by atoms with Crippen molar-refractivity contribution in [1.29, 1.82) is 0 Å². The lowest BCUT2D eigenvalue weighted by Gasteiger charge is -2.11. The molecule has 0 saturated carbocycles. The molecule has 1 atom stereocenters. The molecule has 0 aliphatic rings. The first-order valence-electron chi connectivity index (χ1n) is 5.03. The molecule has 0 fully saturated rings. The zero-order chi connectivity index (χ0) is 11.3. The molecule has 0 radical (unpaired) electrons. The van der Waals surface area contributed by atoms with Crippen molar-refractivity contribution in [2.24, 2.45) is 0 Å². The quantitative estimate of drug-likeness (QED) is 0.618. The highest BCUT2D eigenvalue weighted by Crippen LogP contribution is 2.38. The van der Waals surface area contributed by atoms with Gasteiger partial charge in [0.1, 0.15) is 0 Å². The molecule has 1 rings (SSSR count). The molecule has 1 N–H and O–H groups in total. The zero-order valence-electron chi connectivity index (χ0n) is 9.14. The van der Waals surface area contributed by atoms with Crippen molar-refractivity contribution in [2.45, 2.75) is 13.8 Å². The van der Waals surface area contributed by atoms with Crippen LogP contribution in [0.4, 0.5) is 0 Å². The number of benzene rings is 1. The fourth-order valence-electron chi connectivity index (χ4n) is 1.24. The number of hydrogen-bond donors (Lipinski definition) is 1. The zero-order valence-corrected chi connectivity index (χ0v) is 10.0. The van der Waals surface area contributed by atoms with E-state index in [1.807, 2.05) is 26.0 Å². The van der Waals surface area contributed by atoms with Gasteiger partial charge in [-0.05, 0) is 26.0 Å². The first kappa shape index (κ1) is 12.4. The van der Waals surface area contributed by atoms with Crippen molar-refractivity contribution in [2.75, 3.05) is 19.4 Å². The van der Waals surface area contributed by atoms with E-state index in [4.69, 9.17) is 4.74 Å². The Balaban J connectivity index is 2.68. The van der Waals surface area contributed by atoms with Gasteiger partial charge in [-0.25, -0.2) is 0 Å². The maximum atomic E-state index is 11.9. The second-order valence-corrected chi connectivity index (χ2v) is 5.82. The molecule has 0 aliphatic heterocycles. The summed E-state index contributed by atoms with van der Waals surface area (Å²) in [6, 6.07) is 7.11. The molecule has 0 saturated heterocycles. The summed E-state index contributed by atoms with van der Waals surface area (Å²) >= 11 is 0. The van der Waals surface area contributed by atoms with Gasteiger partial charge in [-0.1, -0.05) is 17.7 Å². The van der Waals surface area contributed by atoms with Crippen LogP contribution in [0.3, 0.4) is 0 Å². The third-order valence-corrected chi connectivity index (χ3v) is 4.07. The second-order valence-electron chi connectivity index (χ2n) is 3.46. The summed E-state index contributed by atoms with van der Waals surface area (Å²) in [4.78, 5) is 9.78. The van der Waals surface area contributed by atoms with Crippen molar-refractivity contribution in [1.82, 2.24) is 0 Å². The molecule has 15 heavy (non-hydrogen) atoms. The van der Waals surface area contributed by atoms with Gasteiger partial charge < -0.3 is 9.63 Å². The standard InChI is InChI=1S/C11H17O3P/c1-3-14-8-9-15(12,13)11-6-4-10(2)5-7-11/h4-7H,3,8-9H2,1-2H3,(H,12,13). The number of rotatable bonds is 5. The van der Waals surface area contributed by atoms with Crippen LogP contribution in [0.1, 0.15) is 12.5 Å². The molecule has 1 aromatic rings. The predicted octanol–water partition coefficient (Wildman–Crippen LogP) is 1.93. The van der Waals surface area contributed by atoms with Crippen molar-refractivity contribution < 1.29 is 14.2 Å². The summed E-state index contributed by atoms with van der Waals surface area (Å²) < 4.78 is 17.0. The van der Waals surface area contributed by atoms with Crippen LogP contribution >= 0.6 is 7.37 Å². The summed E-state index contributed by atoms with van der Waals surface area (Å²) in [6.45, 7) is 4.73. The van der Waals surface area contributed by atoms with Crippen LogP contribution in [0.5, 0.6) is 0 Å². The van der Waals surface area contributed by atoms with Crippen molar-refractivity contribution in [3.8, 4) is 0 Å². The highest BCUT2D eigenvalue weighted by Gasteiger charge is 2.20. The van der Waals surface area contributed by atoms with Gasteiger partial charge in [0.25, 0.3) is 0 Å². The summed E-state index contributed by atoms with van der Waals surface area (Å²) in [7, 11) is -3.22. The van der Waals surface area contributed by atoms with E-state index in [1.54, 1.807) is 12.1 Å². The molecule has 1 unspecified atom stereocenters. The highest BCUT2D eigenvalue weighted by atomic mass is 31.2. The first-order valence-corrected chi connectivity index (χ1v) is 6.87. The van der Waals surface area contributed by atoms with E-state index in [9.17, 15) is 9.46 Å². The molecule has 4 heteroatoms. The number of hydrogen-bond acceptors (Lipinski definition) is 2. The largest absolute Gasteiger partial charge is 0.381 e. The van der Waals surface area contributed by atoms with Gasteiger partial charge >= 0.3 is 0 Å². The molecular formula is C11H17O3P. The molecule has 0 aromatic heterocycles. The summed E-state index contributed by atoms with van der Waals surface area (Å²) in [5.41, 5.74) is 1.09. The van der Waals surface area contributed by atoms with Gasteiger partial charge in [-0.15, -0.1) is 0 Å². The Morgan fingerprint density at radius 2 is 1.93 bits per heavy atom. The molecule has 0 aliphatic carbocycles. The molecule has 3 nitrogen and oxygen atoms in total. The third-order valence-electron chi connectivity index (χ3n) is 2.18. The SMILES string of the molecule is CCOCCP(=O)(O)c1ccc(C)cc1. The fraction of sp³-hybridized carbons (Fsp3) is 0.455. The molecular weight excluding hydrogens is 211 g/mol. The Labute approximate surface area is 90.5 Å². The molecule has 84 valence electrons. The smallest absolute Gasteiger partial charge is 0.231 e. The average Bonchev–Trinajstić information content (AvgIpc) is 2.18. The normalized spacial score (nSPS) is 14.9. The van der Waals surface area contributed by atoms with Crippen LogP contribution in [-0.2, 0) is 9.30 Å². The Morgan fingerprint density at radius 3 is 2.47 bits per heavy atom. The summed E-state index contributed by atoms with van der Waals surface area (Å²) in [5.74, 6) is 0. The van der Waals surface area contributed by atoms with Crippen molar-refractivity contribution >= 4 is 12.7 Å². The van der Waals surface area contributed by atoms with Gasteiger partial charge in [0.05, 0.1) is 12.8 Å². The van der Waals surface area contributed by atoms with Gasteiger partial charge in [0.2, 0.25) is 7.37 Å². The van der Waals surface area contributed by atoms with Crippen molar-refractivity contribution in [3.05, 3.63) is 29.8 Å². The van der Waals surface area contributed by atoms with Gasteiger partial charge in [0, 0.05) is 11.9 Å². The van der Waals surface area contributed by atoms with Crippen LogP contribution in [0.15, 0.2) is 24.3 Å². The Morgan fingerprint density at radius 1 is 1.33 bits per heavy atom. The van der Waals surface area contributed by atoms with E-state index in [1.165, 1.54) is 0 Å². The van der Waals surface area contributed by atoms with Gasteiger partial charge in [0.15, 0.2) is 0 Å². The van der Waals surface area contributed by atoms with E-state index in [2.05, 4.69) is 0 Å². The lowest BCUT2D eigenvalue weighted by Crippen LogP contribution is -2.10. The molecule has 0 amide bonds. The highest BCUT2D eigenvalue weighted by molar-refractivity contribution is 7.66. The Hall–Kier alpha value is -0.630. The molecule has 0 bridgehead atoms. The Bertz CT molecular complexity index is 345. The van der Waals surface area contributed by atoms with Crippen molar-refractivity contribution in [3.63, 3.8) is 0 Å². The maximum Gasteiger partial charge on any atom is 0.231 e. The lowest BCUT2D eigenvalue weighted by atomic mass is 10.2. The minimum Gasteiger partial charge on any atom is -0.381 e. The average molecular weight is 228 g/mol. The van der Waals surface area contributed by atoms with Crippen LogP contribution in [0, 0.1) is 6.92 Å². The monoisotopic (exact) mass is 228 g/mol. The number of aryl methyl sites for hydroxylation is 1.